The van der Waals surface area contributed by atoms with Gasteiger partial charge in [0.1, 0.15) is 5.60 Å². The topological polar surface area (TPSA) is 81.9 Å². The molecule has 0 aromatic rings. The Bertz CT molecular complexity index is 384. The van der Waals surface area contributed by atoms with E-state index in [0.29, 0.717) is 36.8 Å². The third-order valence-corrected chi connectivity index (χ3v) is 4.83. The Hall–Kier alpha value is -0.940. The van der Waals surface area contributed by atoms with Crippen molar-refractivity contribution in [1.82, 2.24) is 5.43 Å². The van der Waals surface area contributed by atoms with Crippen molar-refractivity contribution in [2.75, 3.05) is 6.61 Å². The van der Waals surface area contributed by atoms with Crippen LogP contribution in [-0.4, -0.2) is 34.0 Å². The molecule has 0 heterocycles. The van der Waals surface area contributed by atoms with Gasteiger partial charge in [0.15, 0.2) is 0 Å². The summed E-state index contributed by atoms with van der Waals surface area (Å²) in [7, 11) is 0. The highest BCUT2D eigenvalue weighted by molar-refractivity contribution is 5.94. The normalized spacial score (nSPS) is 30.0. The largest absolute Gasteiger partial charge is 0.390 e. The number of carbonyl (C=O) groups excluding carboxylic acids is 1. The van der Waals surface area contributed by atoms with Crippen molar-refractivity contribution in [3.8, 4) is 0 Å². The van der Waals surface area contributed by atoms with Crippen molar-refractivity contribution in [3.05, 3.63) is 0 Å². The molecule has 1 saturated carbocycles. The number of carbonyl (C=O) groups is 1. The summed E-state index contributed by atoms with van der Waals surface area (Å²) in [5.41, 5.74) is 1.63. The van der Waals surface area contributed by atoms with Gasteiger partial charge in [-0.25, -0.2) is 5.43 Å². The molecular formula is C17H32N2O3. The minimum Gasteiger partial charge on any atom is -0.390 e. The lowest BCUT2D eigenvalue weighted by atomic mass is 9.81. The predicted molar refractivity (Wildman–Crippen MR) is 88.6 cm³/mol. The quantitative estimate of drug-likeness (QED) is 0.384. The van der Waals surface area contributed by atoms with Crippen LogP contribution < -0.4 is 5.43 Å². The molecule has 5 heteroatoms. The number of hydrazone groups is 1. The Morgan fingerprint density at radius 3 is 2.41 bits per heavy atom. The predicted octanol–water partition coefficient (Wildman–Crippen LogP) is 2.61. The van der Waals surface area contributed by atoms with E-state index in [-0.39, 0.29) is 12.5 Å². The minimum absolute atomic E-state index is 0.208. The van der Waals surface area contributed by atoms with E-state index < -0.39 is 5.60 Å². The van der Waals surface area contributed by atoms with Gasteiger partial charge < -0.3 is 10.2 Å². The fourth-order valence-corrected chi connectivity index (χ4v) is 3.45. The summed E-state index contributed by atoms with van der Waals surface area (Å²) in [6.07, 6.45) is 6.99. The van der Waals surface area contributed by atoms with Crippen molar-refractivity contribution >= 4 is 11.6 Å². The van der Waals surface area contributed by atoms with E-state index >= 15 is 0 Å². The molecule has 1 rings (SSSR count). The van der Waals surface area contributed by atoms with Gasteiger partial charge in [0, 0.05) is 6.42 Å². The van der Waals surface area contributed by atoms with E-state index in [1.54, 1.807) is 6.92 Å². The van der Waals surface area contributed by atoms with Gasteiger partial charge in [0.25, 0.3) is 0 Å². The van der Waals surface area contributed by atoms with Crippen molar-refractivity contribution < 1.29 is 15.0 Å². The molecule has 0 bridgehead atoms. The fourth-order valence-electron chi connectivity index (χ4n) is 3.45. The van der Waals surface area contributed by atoms with Gasteiger partial charge in [-0.3, -0.25) is 4.79 Å². The molecule has 3 N–H and O–H groups in total. The summed E-state index contributed by atoms with van der Waals surface area (Å²) in [5, 5.41) is 24.8. The zero-order valence-corrected chi connectivity index (χ0v) is 14.3. The number of hydrogen-bond donors (Lipinski definition) is 3. The lowest BCUT2D eigenvalue weighted by molar-refractivity contribution is -0.120. The first kappa shape index (κ1) is 19.1. The highest BCUT2D eigenvalue weighted by Gasteiger charge is 2.40. The van der Waals surface area contributed by atoms with Crippen molar-refractivity contribution in [2.24, 2.45) is 16.9 Å². The molecule has 0 aliphatic heterocycles. The van der Waals surface area contributed by atoms with Crippen LogP contribution in [0.4, 0.5) is 0 Å². The van der Waals surface area contributed by atoms with E-state index in [4.69, 9.17) is 0 Å². The Labute approximate surface area is 134 Å². The maximum Gasteiger partial charge on any atom is 0.239 e. The van der Waals surface area contributed by atoms with Crippen molar-refractivity contribution in [1.29, 1.82) is 0 Å². The Morgan fingerprint density at radius 2 is 1.86 bits per heavy atom. The highest BCUT2D eigenvalue weighted by atomic mass is 16.3. The van der Waals surface area contributed by atoms with E-state index in [1.807, 2.05) is 0 Å². The van der Waals surface area contributed by atoms with Crippen LogP contribution in [0.25, 0.3) is 0 Å². The maximum absolute atomic E-state index is 11.4. The van der Waals surface area contributed by atoms with Crippen LogP contribution in [0.5, 0.6) is 0 Å². The molecule has 3 unspecified atom stereocenters. The van der Waals surface area contributed by atoms with Gasteiger partial charge in [-0.15, -0.1) is 0 Å². The van der Waals surface area contributed by atoms with Crippen LogP contribution in [0.15, 0.2) is 5.10 Å². The molecule has 0 aromatic carbocycles. The van der Waals surface area contributed by atoms with Crippen LogP contribution in [0.1, 0.15) is 72.1 Å². The third-order valence-electron chi connectivity index (χ3n) is 4.83. The molecule has 1 aliphatic rings. The SMILES string of the molecule is CCCC1CCC(CC)CC(O)(/C(CO)=N/NC(=O)CC)C1. The zero-order chi connectivity index (χ0) is 16.6. The molecular weight excluding hydrogens is 280 g/mol. The van der Waals surface area contributed by atoms with Crippen molar-refractivity contribution in [2.45, 2.75) is 77.7 Å². The molecule has 3 atom stereocenters. The smallest absolute Gasteiger partial charge is 0.239 e. The maximum atomic E-state index is 11.4. The number of rotatable bonds is 7. The van der Waals surface area contributed by atoms with E-state index in [2.05, 4.69) is 24.4 Å². The lowest BCUT2D eigenvalue weighted by Crippen LogP contribution is -2.44. The van der Waals surface area contributed by atoms with E-state index in [0.717, 1.165) is 32.1 Å². The van der Waals surface area contributed by atoms with Gasteiger partial charge in [-0.05, 0) is 24.7 Å². The van der Waals surface area contributed by atoms with Crippen molar-refractivity contribution in [3.63, 3.8) is 0 Å². The van der Waals surface area contributed by atoms with Gasteiger partial charge >= 0.3 is 0 Å². The first-order chi connectivity index (χ1) is 10.5. The number of amides is 1. The molecule has 128 valence electrons. The third kappa shape index (κ3) is 5.36. The molecule has 0 aromatic heterocycles. The van der Waals surface area contributed by atoms with E-state index in [9.17, 15) is 15.0 Å². The second-order valence-corrected chi connectivity index (χ2v) is 6.55. The number of nitrogens with zero attached hydrogens (tertiary/aromatic N) is 1. The Balaban J connectivity index is 2.96. The van der Waals surface area contributed by atoms with Crippen LogP contribution in [0.3, 0.4) is 0 Å². The molecule has 1 amide bonds. The van der Waals surface area contributed by atoms with Crippen LogP contribution in [0, 0.1) is 11.8 Å². The highest BCUT2D eigenvalue weighted by Crippen LogP contribution is 2.38. The molecule has 0 saturated heterocycles. The molecule has 22 heavy (non-hydrogen) atoms. The fraction of sp³-hybridized carbons (Fsp3) is 0.882. The second kappa shape index (κ2) is 9.26. The zero-order valence-electron chi connectivity index (χ0n) is 14.3. The molecule has 0 spiro atoms. The summed E-state index contributed by atoms with van der Waals surface area (Å²) in [6.45, 7) is 5.72. The average Bonchev–Trinajstić information content (AvgIpc) is 2.67. The van der Waals surface area contributed by atoms with Gasteiger partial charge in [0.05, 0.1) is 12.3 Å². The van der Waals surface area contributed by atoms with Gasteiger partial charge in [0.2, 0.25) is 5.91 Å². The molecule has 1 aliphatic carbocycles. The Kier molecular flexibility index (Phi) is 8.04. The molecule has 0 radical (unpaired) electrons. The number of aliphatic hydroxyl groups is 2. The molecule has 5 nitrogen and oxygen atoms in total. The lowest BCUT2D eigenvalue weighted by Gasteiger charge is -2.32. The minimum atomic E-state index is -1.10. The number of aliphatic hydroxyl groups excluding tert-OH is 1. The first-order valence-corrected chi connectivity index (χ1v) is 8.68. The monoisotopic (exact) mass is 312 g/mol. The number of nitrogens with one attached hydrogen (secondary N) is 1. The summed E-state index contributed by atoms with van der Waals surface area (Å²) < 4.78 is 0. The van der Waals surface area contributed by atoms with E-state index in [1.165, 1.54) is 0 Å². The van der Waals surface area contributed by atoms with Gasteiger partial charge in [-0.2, -0.15) is 5.10 Å². The standard InChI is InChI=1S/C17H32N2O3/c1-4-7-14-9-8-13(5-2)10-17(22,11-14)15(12-20)18-19-16(21)6-3/h13-14,20,22H,4-12H2,1-3H3,(H,19,21)/b18-15+. The summed E-state index contributed by atoms with van der Waals surface area (Å²) in [5.74, 6) is 0.677. The summed E-state index contributed by atoms with van der Waals surface area (Å²) in [4.78, 5) is 11.4. The first-order valence-electron chi connectivity index (χ1n) is 8.68. The Morgan fingerprint density at radius 1 is 1.23 bits per heavy atom. The summed E-state index contributed by atoms with van der Waals surface area (Å²) in [6, 6.07) is 0. The van der Waals surface area contributed by atoms with Crippen LogP contribution in [-0.2, 0) is 4.79 Å². The van der Waals surface area contributed by atoms with Gasteiger partial charge in [-0.1, -0.05) is 52.9 Å². The molecule has 1 fully saturated rings. The second-order valence-electron chi connectivity index (χ2n) is 6.55. The average molecular weight is 312 g/mol. The van der Waals surface area contributed by atoms with Crippen LogP contribution >= 0.6 is 0 Å². The van der Waals surface area contributed by atoms with Crippen LogP contribution in [0.2, 0.25) is 0 Å². The summed E-state index contributed by atoms with van der Waals surface area (Å²) >= 11 is 0. The number of hydrogen-bond acceptors (Lipinski definition) is 4.